The third-order valence-electron chi connectivity index (χ3n) is 4.18. The molecule has 2 aromatic heterocycles. The second-order valence-corrected chi connectivity index (χ2v) is 6.99. The lowest BCUT2D eigenvalue weighted by molar-refractivity contribution is -0.116. The summed E-state index contributed by atoms with van der Waals surface area (Å²) in [6, 6.07) is 12.9. The number of nitrogens with zero attached hydrogens (tertiary/aromatic N) is 3. The number of nitrogens with one attached hydrogen (secondary N) is 1. The maximum Gasteiger partial charge on any atom is 0.223 e. The van der Waals surface area contributed by atoms with Gasteiger partial charge in [-0.3, -0.25) is 9.59 Å². The molecule has 28 heavy (non-hydrogen) atoms. The average Bonchev–Trinajstić information content (AvgIpc) is 3.26. The van der Waals surface area contributed by atoms with Crippen LogP contribution in [0.4, 0.5) is 5.69 Å². The molecule has 0 saturated carbocycles. The molecule has 0 aliphatic rings. The summed E-state index contributed by atoms with van der Waals surface area (Å²) in [5.41, 5.74) is 2.67. The van der Waals surface area contributed by atoms with Crippen molar-refractivity contribution in [2.75, 3.05) is 19.0 Å². The van der Waals surface area contributed by atoms with Gasteiger partial charge in [0.05, 0.1) is 16.1 Å². The number of allylic oxidation sites excluding steroid dienone is 1. The van der Waals surface area contributed by atoms with E-state index in [1.165, 1.54) is 18.3 Å². The van der Waals surface area contributed by atoms with Crippen LogP contribution in [0.2, 0.25) is 0 Å². The summed E-state index contributed by atoms with van der Waals surface area (Å²) in [5.74, 6) is 0.156. The van der Waals surface area contributed by atoms with Crippen LogP contribution in [0.5, 0.6) is 0 Å². The molecule has 0 atom stereocenters. The minimum Gasteiger partial charge on any atom is -0.393 e. The second kappa shape index (κ2) is 8.58. The minimum atomic E-state index is -0.133. The molecule has 3 rings (SSSR count). The molecule has 0 saturated heterocycles. The predicted molar refractivity (Wildman–Crippen MR) is 112 cm³/mol. The van der Waals surface area contributed by atoms with Crippen molar-refractivity contribution in [3.63, 3.8) is 0 Å². The van der Waals surface area contributed by atoms with Gasteiger partial charge in [-0.2, -0.15) is 0 Å². The largest absolute Gasteiger partial charge is 0.393 e. The Balaban J connectivity index is 2.00. The summed E-state index contributed by atoms with van der Waals surface area (Å²) in [5, 5.41) is 4.76. The first-order chi connectivity index (χ1) is 13.5. The first kappa shape index (κ1) is 19.4. The number of ketones is 1. The molecule has 142 valence electrons. The van der Waals surface area contributed by atoms with Gasteiger partial charge < -0.3 is 10.2 Å². The third kappa shape index (κ3) is 4.15. The summed E-state index contributed by atoms with van der Waals surface area (Å²) in [6.45, 7) is 1.51. The van der Waals surface area contributed by atoms with E-state index in [0.29, 0.717) is 22.0 Å². The van der Waals surface area contributed by atoms with Gasteiger partial charge in [-0.1, -0.05) is 18.2 Å². The lowest BCUT2D eigenvalue weighted by Gasteiger charge is -2.16. The number of aromatic nitrogens is 2. The van der Waals surface area contributed by atoms with E-state index in [-0.39, 0.29) is 11.7 Å². The smallest absolute Gasteiger partial charge is 0.223 e. The number of anilines is 1. The van der Waals surface area contributed by atoms with Crippen LogP contribution >= 0.6 is 11.3 Å². The van der Waals surface area contributed by atoms with Gasteiger partial charge in [0.2, 0.25) is 11.7 Å². The molecule has 0 aliphatic heterocycles. The molecule has 7 heteroatoms. The normalized spacial score (nSPS) is 11.2. The van der Waals surface area contributed by atoms with E-state index in [9.17, 15) is 9.59 Å². The van der Waals surface area contributed by atoms with Crippen molar-refractivity contribution in [2.24, 2.45) is 0 Å². The molecule has 0 unspecified atom stereocenters. The quantitative estimate of drug-likeness (QED) is 0.512. The Morgan fingerprint density at radius 3 is 2.68 bits per heavy atom. The number of hydrogen-bond acceptors (Lipinski definition) is 6. The van der Waals surface area contributed by atoms with Crippen molar-refractivity contribution in [3.05, 3.63) is 70.9 Å². The number of rotatable bonds is 6. The number of benzene rings is 1. The van der Waals surface area contributed by atoms with Crippen LogP contribution in [-0.4, -0.2) is 35.8 Å². The Labute approximate surface area is 167 Å². The van der Waals surface area contributed by atoms with Crippen molar-refractivity contribution in [1.82, 2.24) is 15.3 Å². The minimum absolute atomic E-state index is 0.0543. The predicted octanol–water partition coefficient (Wildman–Crippen LogP) is 3.63. The fourth-order valence-corrected chi connectivity index (χ4v) is 3.30. The number of amides is 1. The summed E-state index contributed by atoms with van der Waals surface area (Å²) in [6.07, 6.45) is 3.24. The number of carbonyl (C=O) groups is 2. The molecule has 1 N–H and O–H groups in total. The zero-order chi connectivity index (χ0) is 20.1. The maximum absolute atomic E-state index is 12.8. The van der Waals surface area contributed by atoms with Crippen LogP contribution in [0.25, 0.3) is 16.8 Å². The van der Waals surface area contributed by atoms with Gasteiger partial charge in [0.25, 0.3) is 0 Å². The van der Waals surface area contributed by atoms with Crippen molar-refractivity contribution < 1.29 is 9.59 Å². The van der Waals surface area contributed by atoms with Gasteiger partial charge in [0, 0.05) is 44.7 Å². The molecule has 2 heterocycles. The van der Waals surface area contributed by atoms with Gasteiger partial charge >= 0.3 is 0 Å². The molecule has 1 amide bonds. The second-order valence-electron chi connectivity index (χ2n) is 6.05. The number of carbonyl (C=O) groups excluding carboxylic acids is 2. The number of hydrogen-bond donors (Lipinski definition) is 1. The highest BCUT2D eigenvalue weighted by Gasteiger charge is 2.18. The van der Waals surface area contributed by atoms with Gasteiger partial charge in [0.1, 0.15) is 0 Å². The highest BCUT2D eigenvalue weighted by molar-refractivity contribution is 7.12. The van der Waals surface area contributed by atoms with Gasteiger partial charge in [-0.15, -0.1) is 11.3 Å². The molecule has 0 spiro atoms. The maximum atomic E-state index is 12.8. The molecule has 0 radical (unpaired) electrons. The van der Waals surface area contributed by atoms with Crippen molar-refractivity contribution in [1.29, 1.82) is 0 Å². The van der Waals surface area contributed by atoms with Crippen LogP contribution < -0.4 is 10.2 Å². The monoisotopic (exact) mass is 392 g/mol. The third-order valence-corrected chi connectivity index (χ3v) is 5.04. The van der Waals surface area contributed by atoms with Crippen LogP contribution in [0.15, 0.2) is 60.2 Å². The fourth-order valence-electron chi connectivity index (χ4n) is 2.62. The van der Waals surface area contributed by atoms with Crippen LogP contribution in [0.1, 0.15) is 22.4 Å². The molecular weight excluding hydrogens is 372 g/mol. The first-order valence-corrected chi connectivity index (χ1v) is 9.53. The molecule has 1 aromatic carbocycles. The molecule has 0 aliphatic carbocycles. The lowest BCUT2D eigenvalue weighted by atomic mass is 10.1. The van der Waals surface area contributed by atoms with Gasteiger partial charge in [-0.05, 0) is 29.6 Å². The fraction of sp³-hybridized carbons (Fsp3) is 0.143. The van der Waals surface area contributed by atoms with E-state index in [4.69, 9.17) is 0 Å². The summed E-state index contributed by atoms with van der Waals surface area (Å²) in [7, 11) is 3.45. The Hall–Kier alpha value is -3.32. The zero-order valence-electron chi connectivity index (χ0n) is 15.8. The van der Waals surface area contributed by atoms with Crippen molar-refractivity contribution >= 4 is 34.3 Å². The zero-order valence-corrected chi connectivity index (χ0v) is 16.7. The molecule has 0 fully saturated rings. The van der Waals surface area contributed by atoms with Crippen LogP contribution in [0.3, 0.4) is 0 Å². The molecule has 3 aromatic rings. The Bertz CT molecular complexity index is 1030. The summed E-state index contributed by atoms with van der Waals surface area (Å²) >= 11 is 1.38. The highest BCUT2D eigenvalue weighted by Crippen LogP contribution is 2.25. The number of Topliss-reactive ketones (excluding diaryl/α,β-unsaturated/α-hetero) is 1. The Morgan fingerprint density at radius 1 is 1.18 bits per heavy atom. The Morgan fingerprint density at radius 2 is 2.00 bits per heavy atom. The van der Waals surface area contributed by atoms with Gasteiger partial charge in [-0.25, -0.2) is 9.97 Å². The van der Waals surface area contributed by atoms with E-state index in [1.54, 1.807) is 43.5 Å². The van der Waals surface area contributed by atoms with E-state index < -0.39 is 0 Å². The lowest BCUT2D eigenvalue weighted by Crippen LogP contribution is -2.22. The summed E-state index contributed by atoms with van der Waals surface area (Å²) < 4.78 is 0. The SMILES string of the molecule is CNC=C(C(=O)c1cccs1)c1nccc(-c2cccc(N(C)C(C)=O)c2)n1. The standard InChI is InChI=1S/C21H20N4O2S/c1-14(26)25(3)16-7-4-6-15(12-16)18-9-10-23-21(24-18)17(13-22-2)20(27)19-8-5-11-28-19/h4-13,22H,1-3H3. The Kier molecular flexibility index (Phi) is 5.96. The molecular formula is C21H20N4O2S. The average molecular weight is 392 g/mol. The van der Waals surface area contributed by atoms with E-state index in [0.717, 1.165) is 11.3 Å². The first-order valence-electron chi connectivity index (χ1n) is 8.65. The van der Waals surface area contributed by atoms with E-state index in [2.05, 4.69) is 15.3 Å². The van der Waals surface area contributed by atoms with Crippen LogP contribution in [0, 0.1) is 0 Å². The molecule has 6 nitrogen and oxygen atoms in total. The topological polar surface area (TPSA) is 75.2 Å². The van der Waals surface area contributed by atoms with E-state index >= 15 is 0 Å². The molecule has 0 bridgehead atoms. The highest BCUT2D eigenvalue weighted by atomic mass is 32.1. The van der Waals surface area contributed by atoms with E-state index in [1.807, 2.05) is 35.7 Å². The number of thiophene rings is 1. The van der Waals surface area contributed by atoms with Crippen LogP contribution in [-0.2, 0) is 4.79 Å². The summed E-state index contributed by atoms with van der Waals surface area (Å²) in [4.78, 5) is 35.6. The van der Waals surface area contributed by atoms with Gasteiger partial charge in [0.15, 0.2) is 5.82 Å². The van der Waals surface area contributed by atoms with Crippen molar-refractivity contribution in [2.45, 2.75) is 6.92 Å². The van der Waals surface area contributed by atoms with Crippen molar-refractivity contribution in [3.8, 4) is 11.3 Å².